The fraction of sp³-hybridized carbons (Fsp3) is 0.600. The first-order valence-electron chi connectivity index (χ1n) is 9.90. The van der Waals surface area contributed by atoms with Crippen LogP contribution in [0, 0.1) is 17.6 Å². The van der Waals surface area contributed by atoms with E-state index in [4.69, 9.17) is 0 Å². The minimum Gasteiger partial charge on any atom is -0.350 e. The van der Waals surface area contributed by atoms with Gasteiger partial charge in [-0.05, 0) is 58.7 Å². The Morgan fingerprint density at radius 1 is 1.20 bits per heavy atom. The van der Waals surface area contributed by atoms with E-state index in [9.17, 15) is 26.8 Å². The fourth-order valence-electron chi connectivity index (χ4n) is 3.39. The zero-order valence-corrected chi connectivity index (χ0v) is 18.6. The lowest BCUT2D eigenvalue weighted by Gasteiger charge is -2.33. The first-order valence-corrected chi connectivity index (χ1v) is 11.3. The number of nitrogens with one attached hydrogen (secondary N) is 1. The molecule has 2 amide bonds. The molecule has 1 saturated heterocycles. The summed E-state index contributed by atoms with van der Waals surface area (Å²) in [6, 6.07) is 2.29. The molecule has 0 aliphatic carbocycles. The molecule has 7 nitrogen and oxygen atoms in total. The van der Waals surface area contributed by atoms with Crippen LogP contribution in [0.5, 0.6) is 0 Å². The molecule has 0 radical (unpaired) electrons. The number of carbonyl (C=O) groups is 2. The van der Waals surface area contributed by atoms with Crippen LogP contribution in [-0.4, -0.2) is 61.2 Å². The van der Waals surface area contributed by atoms with Crippen LogP contribution >= 0.6 is 0 Å². The van der Waals surface area contributed by atoms with Crippen molar-refractivity contribution in [3.63, 3.8) is 0 Å². The van der Waals surface area contributed by atoms with E-state index in [1.807, 2.05) is 20.8 Å². The summed E-state index contributed by atoms with van der Waals surface area (Å²) in [4.78, 5) is 25.7. The molecule has 2 rings (SSSR count). The van der Waals surface area contributed by atoms with Gasteiger partial charge in [0, 0.05) is 31.1 Å². The maximum Gasteiger partial charge on any atom is 0.246 e. The van der Waals surface area contributed by atoms with E-state index < -0.39 is 38.0 Å². The molecule has 0 bridgehead atoms. The van der Waals surface area contributed by atoms with Gasteiger partial charge in [-0.2, -0.15) is 4.31 Å². The first kappa shape index (κ1) is 24.2. The Morgan fingerprint density at radius 2 is 1.80 bits per heavy atom. The first-order chi connectivity index (χ1) is 13.8. The summed E-state index contributed by atoms with van der Waals surface area (Å²) in [5.74, 6) is -2.77. The van der Waals surface area contributed by atoms with Gasteiger partial charge in [0.15, 0.2) is 0 Å². The zero-order chi connectivity index (χ0) is 22.7. The molecule has 0 saturated carbocycles. The van der Waals surface area contributed by atoms with Crippen molar-refractivity contribution in [3.05, 3.63) is 29.8 Å². The van der Waals surface area contributed by atoms with Crippen molar-refractivity contribution in [3.8, 4) is 0 Å². The maximum atomic E-state index is 13.9. The maximum absolute atomic E-state index is 13.9. The Hall–Kier alpha value is -2.07. The highest BCUT2D eigenvalue weighted by Crippen LogP contribution is 2.27. The molecule has 0 spiro atoms. The van der Waals surface area contributed by atoms with Crippen molar-refractivity contribution in [2.24, 2.45) is 5.92 Å². The Bertz CT molecular complexity index is 892. The number of piperidine rings is 1. The summed E-state index contributed by atoms with van der Waals surface area (Å²) >= 11 is 0. The van der Waals surface area contributed by atoms with Crippen molar-refractivity contribution < 1.29 is 26.8 Å². The lowest BCUT2D eigenvalue weighted by Crippen LogP contribution is -2.49. The lowest BCUT2D eigenvalue weighted by atomic mass is 9.96. The molecule has 1 aromatic rings. The second kappa shape index (κ2) is 9.38. The number of hydrogen-bond donors (Lipinski definition) is 1. The number of nitrogens with zero attached hydrogens (tertiary/aromatic N) is 2. The minimum atomic E-state index is -4.20. The van der Waals surface area contributed by atoms with Crippen LogP contribution in [0.25, 0.3) is 0 Å². The highest BCUT2D eigenvalue weighted by Gasteiger charge is 2.35. The number of sulfonamides is 1. The number of rotatable bonds is 6. The molecule has 168 valence electrons. The fourth-order valence-corrected chi connectivity index (χ4v) is 4.94. The number of halogens is 2. The van der Waals surface area contributed by atoms with Gasteiger partial charge in [-0.1, -0.05) is 0 Å². The smallest absolute Gasteiger partial charge is 0.246 e. The third-order valence-electron chi connectivity index (χ3n) is 4.86. The van der Waals surface area contributed by atoms with E-state index in [-0.39, 0.29) is 44.3 Å². The van der Waals surface area contributed by atoms with Crippen LogP contribution in [0.4, 0.5) is 8.78 Å². The average molecular weight is 446 g/mol. The molecule has 1 aliphatic rings. The predicted octanol–water partition coefficient (Wildman–Crippen LogP) is 2.13. The van der Waals surface area contributed by atoms with Gasteiger partial charge in [0.2, 0.25) is 21.8 Å². The molecule has 1 heterocycles. The van der Waals surface area contributed by atoms with Crippen LogP contribution in [-0.2, 0) is 19.6 Å². The second-order valence-electron chi connectivity index (χ2n) is 8.40. The molecule has 0 unspecified atom stereocenters. The molecule has 1 N–H and O–H groups in total. The van der Waals surface area contributed by atoms with Crippen LogP contribution in [0.15, 0.2) is 23.1 Å². The Kier molecular flexibility index (Phi) is 7.57. The number of carbonyl (C=O) groups excluding carboxylic acids is 2. The van der Waals surface area contributed by atoms with Gasteiger partial charge in [-0.15, -0.1) is 0 Å². The molecular weight excluding hydrogens is 416 g/mol. The van der Waals surface area contributed by atoms with Crippen LogP contribution in [0.3, 0.4) is 0 Å². The van der Waals surface area contributed by atoms with E-state index in [0.717, 1.165) is 16.4 Å². The molecule has 30 heavy (non-hydrogen) atoms. The van der Waals surface area contributed by atoms with E-state index in [0.29, 0.717) is 12.6 Å². The summed E-state index contributed by atoms with van der Waals surface area (Å²) in [5, 5.41) is 2.81. The second-order valence-corrected chi connectivity index (χ2v) is 10.3. The molecule has 1 aliphatic heterocycles. The summed E-state index contributed by atoms with van der Waals surface area (Å²) in [7, 11) is -4.20. The predicted molar refractivity (Wildman–Crippen MR) is 108 cm³/mol. The van der Waals surface area contributed by atoms with Crippen molar-refractivity contribution in [2.75, 3.05) is 26.2 Å². The highest BCUT2D eigenvalue weighted by molar-refractivity contribution is 7.89. The topological polar surface area (TPSA) is 86.8 Å². The number of likely N-dealkylation sites (N-methyl/N-ethyl adjacent to an activating group) is 1. The number of hydrogen-bond acceptors (Lipinski definition) is 4. The van der Waals surface area contributed by atoms with E-state index in [1.54, 1.807) is 6.92 Å². The molecule has 0 atom stereocenters. The Labute approximate surface area is 176 Å². The molecular formula is C20H29F2N3O4S. The van der Waals surface area contributed by atoms with Crippen molar-refractivity contribution in [2.45, 2.75) is 51.0 Å². The number of benzene rings is 1. The standard InChI is InChI=1S/C20H29F2N3O4S/c1-5-24(13-18(26)23-20(2,3)4)19(27)14-8-10-25(11-9-14)30(28,29)17-12-15(21)6-7-16(17)22/h6-7,12,14H,5,8-11,13H2,1-4H3,(H,23,26). The normalized spacial score (nSPS) is 16.3. The van der Waals surface area contributed by atoms with Gasteiger partial charge in [0.1, 0.15) is 16.5 Å². The third-order valence-corrected chi connectivity index (χ3v) is 6.77. The van der Waals surface area contributed by atoms with Gasteiger partial charge in [0.05, 0.1) is 6.54 Å². The highest BCUT2D eigenvalue weighted by atomic mass is 32.2. The summed E-state index contributed by atoms with van der Waals surface area (Å²) in [5.41, 5.74) is -0.411. The van der Waals surface area contributed by atoms with Gasteiger partial charge in [0.25, 0.3) is 0 Å². The van der Waals surface area contributed by atoms with Gasteiger partial charge in [-0.3, -0.25) is 9.59 Å². The lowest BCUT2D eigenvalue weighted by molar-refractivity contribution is -0.140. The molecule has 1 aromatic carbocycles. The summed E-state index contributed by atoms with van der Waals surface area (Å²) < 4.78 is 53.8. The minimum absolute atomic E-state index is 0.0143. The third kappa shape index (κ3) is 5.98. The Morgan fingerprint density at radius 3 is 2.33 bits per heavy atom. The van der Waals surface area contributed by atoms with Crippen molar-refractivity contribution in [1.29, 1.82) is 0 Å². The molecule has 0 aromatic heterocycles. The molecule has 10 heteroatoms. The average Bonchev–Trinajstić information content (AvgIpc) is 2.66. The zero-order valence-electron chi connectivity index (χ0n) is 17.7. The van der Waals surface area contributed by atoms with E-state index in [2.05, 4.69) is 5.32 Å². The summed E-state index contributed by atoms with van der Waals surface area (Å²) in [6.07, 6.45) is 0.485. The van der Waals surface area contributed by atoms with Crippen LogP contribution in [0.1, 0.15) is 40.5 Å². The Balaban J connectivity index is 2.02. The van der Waals surface area contributed by atoms with E-state index >= 15 is 0 Å². The van der Waals surface area contributed by atoms with Crippen molar-refractivity contribution >= 4 is 21.8 Å². The van der Waals surface area contributed by atoms with Crippen molar-refractivity contribution in [1.82, 2.24) is 14.5 Å². The van der Waals surface area contributed by atoms with Gasteiger partial charge < -0.3 is 10.2 Å². The quantitative estimate of drug-likeness (QED) is 0.727. The number of amides is 2. The van der Waals surface area contributed by atoms with Gasteiger partial charge in [-0.25, -0.2) is 17.2 Å². The molecule has 1 fully saturated rings. The summed E-state index contributed by atoms with van der Waals surface area (Å²) in [6.45, 7) is 7.63. The van der Waals surface area contributed by atoms with E-state index in [1.165, 1.54) is 4.90 Å². The largest absolute Gasteiger partial charge is 0.350 e. The van der Waals surface area contributed by atoms with Gasteiger partial charge >= 0.3 is 0 Å². The van der Waals surface area contributed by atoms with Crippen LogP contribution < -0.4 is 5.32 Å². The SMILES string of the molecule is CCN(CC(=O)NC(C)(C)C)C(=O)C1CCN(S(=O)(=O)c2cc(F)ccc2F)CC1. The monoisotopic (exact) mass is 445 g/mol. The van der Waals surface area contributed by atoms with Crippen LogP contribution in [0.2, 0.25) is 0 Å².